The van der Waals surface area contributed by atoms with Crippen molar-refractivity contribution in [3.8, 4) is 0 Å². The number of para-hydroxylation sites is 1. The summed E-state index contributed by atoms with van der Waals surface area (Å²) in [5.74, 6) is 0. The molecule has 19 heavy (non-hydrogen) atoms. The zero-order valence-electron chi connectivity index (χ0n) is 10.2. The molecule has 1 aromatic carbocycles. The quantitative estimate of drug-likeness (QED) is 0.740. The first kappa shape index (κ1) is 12.1. The SMILES string of the molecule is NCc1cccnc1Sc1ncnc2ccccc12. The second-order valence-electron chi connectivity index (χ2n) is 3.97. The third-order valence-corrected chi connectivity index (χ3v) is 3.85. The first-order valence-electron chi connectivity index (χ1n) is 5.90. The van der Waals surface area contributed by atoms with Crippen LogP contribution >= 0.6 is 11.8 Å². The molecule has 3 aromatic rings. The summed E-state index contributed by atoms with van der Waals surface area (Å²) in [6.07, 6.45) is 3.35. The van der Waals surface area contributed by atoms with Gasteiger partial charge in [-0.15, -0.1) is 0 Å². The normalized spacial score (nSPS) is 10.8. The number of hydrogen-bond donors (Lipinski definition) is 1. The maximum absolute atomic E-state index is 5.73. The van der Waals surface area contributed by atoms with Gasteiger partial charge >= 0.3 is 0 Å². The lowest BCUT2D eigenvalue weighted by Gasteiger charge is -2.07. The highest BCUT2D eigenvalue weighted by molar-refractivity contribution is 7.99. The average Bonchev–Trinajstić information content (AvgIpc) is 2.48. The molecule has 0 saturated carbocycles. The first-order valence-corrected chi connectivity index (χ1v) is 6.71. The molecule has 0 aliphatic carbocycles. The molecule has 0 amide bonds. The summed E-state index contributed by atoms with van der Waals surface area (Å²) in [6.45, 7) is 0.471. The van der Waals surface area contributed by atoms with Crippen molar-refractivity contribution in [2.45, 2.75) is 16.6 Å². The van der Waals surface area contributed by atoms with Crippen molar-refractivity contribution in [1.29, 1.82) is 0 Å². The van der Waals surface area contributed by atoms with E-state index in [4.69, 9.17) is 5.73 Å². The van der Waals surface area contributed by atoms with Crippen LogP contribution in [0.15, 0.2) is 59.0 Å². The molecular formula is C14H12N4S. The maximum atomic E-state index is 5.73. The van der Waals surface area contributed by atoms with E-state index in [2.05, 4.69) is 15.0 Å². The Morgan fingerprint density at radius 2 is 1.84 bits per heavy atom. The molecule has 94 valence electrons. The number of hydrogen-bond acceptors (Lipinski definition) is 5. The zero-order chi connectivity index (χ0) is 13.1. The van der Waals surface area contributed by atoms with Crippen LogP contribution in [0.3, 0.4) is 0 Å². The minimum atomic E-state index is 0.471. The fourth-order valence-corrected chi connectivity index (χ4v) is 2.79. The van der Waals surface area contributed by atoms with Crippen LogP contribution in [0, 0.1) is 0 Å². The zero-order valence-corrected chi connectivity index (χ0v) is 11.0. The molecule has 0 unspecified atom stereocenters. The average molecular weight is 268 g/mol. The second-order valence-corrected chi connectivity index (χ2v) is 4.95. The minimum absolute atomic E-state index is 0.471. The maximum Gasteiger partial charge on any atom is 0.117 e. The van der Waals surface area contributed by atoms with E-state index in [9.17, 15) is 0 Å². The van der Waals surface area contributed by atoms with Gasteiger partial charge in [0.05, 0.1) is 5.52 Å². The Morgan fingerprint density at radius 3 is 2.74 bits per heavy atom. The molecule has 0 atom stereocenters. The van der Waals surface area contributed by atoms with Crippen LogP contribution in [0.5, 0.6) is 0 Å². The fourth-order valence-electron chi connectivity index (χ4n) is 1.82. The molecule has 3 rings (SSSR count). The van der Waals surface area contributed by atoms with Gasteiger partial charge in [0.1, 0.15) is 16.4 Å². The van der Waals surface area contributed by atoms with Gasteiger partial charge in [0.15, 0.2) is 0 Å². The molecule has 2 heterocycles. The Morgan fingerprint density at radius 1 is 0.947 bits per heavy atom. The molecule has 0 aliphatic heterocycles. The molecule has 0 aliphatic rings. The first-order chi connectivity index (χ1) is 9.38. The lowest BCUT2D eigenvalue weighted by Crippen LogP contribution is -1.99. The lowest BCUT2D eigenvalue weighted by atomic mass is 10.2. The Bertz CT molecular complexity index is 709. The largest absolute Gasteiger partial charge is 0.326 e. The molecular weight excluding hydrogens is 256 g/mol. The smallest absolute Gasteiger partial charge is 0.117 e. The summed E-state index contributed by atoms with van der Waals surface area (Å²) in [7, 11) is 0. The van der Waals surface area contributed by atoms with E-state index in [-0.39, 0.29) is 0 Å². The molecule has 0 bridgehead atoms. The standard InChI is InChI=1S/C14H12N4S/c15-8-10-4-3-7-16-13(10)19-14-11-5-1-2-6-12(11)17-9-18-14/h1-7,9H,8,15H2. The highest BCUT2D eigenvalue weighted by Gasteiger charge is 2.08. The van der Waals surface area contributed by atoms with Gasteiger partial charge in [-0.3, -0.25) is 0 Å². The van der Waals surface area contributed by atoms with Gasteiger partial charge in [-0.05, 0) is 29.5 Å². The van der Waals surface area contributed by atoms with E-state index in [0.29, 0.717) is 6.54 Å². The summed E-state index contributed by atoms with van der Waals surface area (Å²) in [6, 6.07) is 11.8. The highest BCUT2D eigenvalue weighted by atomic mass is 32.2. The van der Waals surface area contributed by atoms with Crippen molar-refractivity contribution in [1.82, 2.24) is 15.0 Å². The third kappa shape index (κ3) is 2.43. The summed E-state index contributed by atoms with van der Waals surface area (Å²) >= 11 is 1.53. The Labute approximate surface area is 115 Å². The number of nitrogens with two attached hydrogens (primary N) is 1. The molecule has 2 aromatic heterocycles. The van der Waals surface area contributed by atoms with Crippen molar-refractivity contribution < 1.29 is 0 Å². The number of aromatic nitrogens is 3. The van der Waals surface area contributed by atoms with E-state index >= 15 is 0 Å². The summed E-state index contributed by atoms with van der Waals surface area (Å²) in [5.41, 5.74) is 7.69. The van der Waals surface area contributed by atoms with Crippen molar-refractivity contribution >= 4 is 22.7 Å². The van der Waals surface area contributed by atoms with Crippen LogP contribution in [-0.2, 0) is 6.54 Å². The topological polar surface area (TPSA) is 64.7 Å². The Kier molecular flexibility index (Phi) is 3.39. The van der Waals surface area contributed by atoms with Gasteiger partial charge in [0, 0.05) is 18.1 Å². The van der Waals surface area contributed by atoms with Gasteiger partial charge in [-0.1, -0.05) is 24.3 Å². The molecule has 2 N–H and O–H groups in total. The van der Waals surface area contributed by atoms with Crippen molar-refractivity contribution in [3.63, 3.8) is 0 Å². The van der Waals surface area contributed by atoms with Gasteiger partial charge in [0.2, 0.25) is 0 Å². The van der Waals surface area contributed by atoms with Gasteiger partial charge in [-0.2, -0.15) is 0 Å². The van der Waals surface area contributed by atoms with Gasteiger partial charge in [0.25, 0.3) is 0 Å². The minimum Gasteiger partial charge on any atom is -0.326 e. The number of benzene rings is 1. The number of pyridine rings is 1. The van der Waals surface area contributed by atoms with Crippen LogP contribution in [0.1, 0.15) is 5.56 Å². The van der Waals surface area contributed by atoms with Crippen molar-refractivity contribution in [3.05, 3.63) is 54.5 Å². The van der Waals surface area contributed by atoms with E-state index in [0.717, 1.165) is 26.5 Å². The predicted octanol–water partition coefficient (Wildman–Crippen LogP) is 2.63. The van der Waals surface area contributed by atoms with Crippen LogP contribution in [0.2, 0.25) is 0 Å². The predicted molar refractivity (Wildman–Crippen MR) is 75.8 cm³/mol. The molecule has 0 radical (unpaired) electrons. The van der Waals surface area contributed by atoms with Crippen LogP contribution in [0.4, 0.5) is 0 Å². The van der Waals surface area contributed by atoms with E-state index < -0.39 is 0 Å². The Hall–Kier alpha value is -1.98. The molecule has 0 fully saturated rings. The molecule has 5 heteroatoms. The van der Waals surface area contributed by atoms with Gasteiger partial charge in [-0.25, -0.2) is 15.0 Å². The second kappa shape index (κ2) is 5.34. The van der Waals surface area contributed by atoms with Gasteiger partial charge < -0.3 is 5.73 Å². The van der Waals surface area contributed by atoms with Crippen molar-refractivity contribution in [2.75, 3.05) is 0 Å². The molecule has 0 saturated heterocycles. The number of rotatable bonds is 3. The number of fused-ring (bicyclic) bond motifs is 1. The molecule has 4 nitrogen and oxygen atoms in total. The van der Waals surface area contributed by atoms with E-state index in [1.54, 1.807) is 12.5 Å². The summed E-state index contributed by atoms with van der Waals surface area (Å²) < 4.78 is 0. The Balaban J connectivity index is 2.06. The fraction of sp³-hybridized carbons (Fsp3) is 0.0714. The summed E-state index contributed by atoms with van der Waals surface area (Å²) in [4.78, 5) is 13.0. The van der Waals surface area contributed by atoms with E-state index in [1.807, 2.05) is 36.4 Å². The lowest BCUT2D eigenvalue weighted by molar-refractivity contribution is 0.959. The van der Waals surface area contributed by atoms with E-state index in [1.165, 1.54) is 11.8 Å². The summed E-state index contributed by atoms with van der Waals surface area (Å²) in [5, 5.41) is 2.83. The van der Waals surface area contributed by atoms with Crippen LogP contribution in [-0.4, -0.2) is 15.0 Å². The van der Waals surface area contributed by atoms with Crippen molar-refractivity contribution in [2.24, 2.45) is 5.73 Å². The molecule has 0 spiro atoms. The van der Waals surface area contributed by atoms with Crippen LogP contribution in [0.25, 0.3) is 10.9 Å². The van der Waals surface area contributed by atoms with Crippen LogP contribution < -0.4 is 5.73 Å². The third-order valence-electron chi connectivity index (χ3n) is 2.77. The monoisotopic (exact) mass is 268 g/mol. The number of nitrogens with zero attached hydrogens (tertiary/aromatic N) is 3. The highest BCUT2D eigenvalue weighted by Crippen LogP contribution is 2.31.